The fourth-order valence-corrected chi connectivity index (χ4v) is 1.67. The van der Waals surface area contributed by atoms with Crippen LogP contribution in [0.25, 0.3) is 0 Å². The molecule has 0 N–H and O–H groups in total. The molecule has 4 nitrogen and oxygen atoms in total. The van der Waals surface area contributed by atoms with E-state index in [9.17, 15) is 4.79 Å². The summed E-state index contributed by atoms with van der Waals surface area (Å²) in [5.41, 5.74) is -0.422. The fourth-order valence-electron chi connectivity index (χ4n) is 1.67. The topological polar surface area (TPSA) is 32.8 Å². The van der Waals surface area contributed by atoms with Crippen LogP contribution in [0.3, 0.4) is 0 Å². The van der Waals surface area contributed by atoms with Gasteiger partial charge in [0.2, 0.25) is 0 Å². The van der Waals surface area contributed by atoms with Crippen LogP contribution in [0, 0.1) is 5.41 Å². The van der Waals surface area contributed by atoms with E-state index in [4.69, 9.17) is 4.84 Å². The van der Waals surface area contributed by atoms with Gasteiger partial charge in [0.15, 0.2) is 0 Å². The van der Waals surface area contributed by atoms with Crippen molar-refractivity contribution in [2.45, 2.75) is 40.2 Å². The average molecular weight is 228 g/mol. The average Bonchev–Trinajstić information content (AvgIpc) is 2.63. The van der Waals surface area contributed by atoms with Crippen LogP contribution < -0.4 is 0 Å². The lowest BCUT2D eigenvalue weighted by molar-refractivity contribution is -0.196. The van der Waals surface area contributed by atoms with Gasteiger partial charge in [-0.15, -0.1) is 5.06 Å². The van der Waals surface area contributed by atoms with Gasteiger partial charge >= 0.3 is 5.97 Å². The molecular weight excluding hydrogens is 204 g/mol. The largest absolute Gasteiger partial charge is 0.367 e. The van der Waals surface area contributed by atoms with Crippen LogP contribution in [0.2, 0.25) is 0 Å². The van der Waals surface area contributed by atoms with Crippen molar-refractivity contribution in [3.8, 4) is 0 Å². The Balaban J connectivity index is 2.40. The van der Waals surface area contributed by atoms with Crippen molar-refractivity contribution >= 4 is 5.97 Å². The van der Waals surface area contributed by atoms with Gasteiger partial charge in [0.25, 0.3) is 0 Å². The lowest BCUT2D eigenvalue weighted by Crippen LogP contribution is -2.36. The third-order valence-corrected chi connectivity index (χ3v) is 3.07. The summed E-state index contributed by atoms with van der Waals surface area (Å²) in [5, 5.41) is 1.80. The van der Waals surface area contributed by atoms with Crippen LogP contribution in [0.15, 0.2) is 0 Å². The van der Waals surface area contributed by atoms with Gasteiger partial charge < -0.3 is 9.74 Å². The molecule has 1 aliphatic rings. The molecule has 0 radical (unpaired) electrons. The van der Waals surface area contributed by atoms with E-state index in [1.54, 1.807) is 5.06 Å². The SMILES string of the molecule is CCN(C)[C@@H]1CCN(OC(=O)C(C)(C)C)C1. The predicted octanol–water partition coefficient (Wildman–Crippen LogP) is 1.52. The number of carbonyl (C=O) groups excluding carboxylic acids is 1. The summed E-state index contributed by atoms with van der Waals surface area (Å²) < 4.78 is 0. The Morgan fingerprint density at radius 3 is 2.62 bits per heavy atom. The highest BCUT2D eigenvalue weighted by Gasteiger charge is 2.31. The van der Waals surface area contributed by atoms with Gasteiger partial charge in [0, 0.05) is 12.6 Å². The van der Waals surface area contributed by atoms with Crippen molar-refractivity contribution in [2.24, 2.45) is 5.41 Å². The second kappa shape index (κ2) is 5.15. The number of hydroxylamine groups is 2. The van der Waals surface area contributed by atoms with E-state index < -0.39 is 5.41 Å². The van der Waals surface area contributed by atoms with E-state index in [-0.39, 0.29) is 5.97 Å². The molecule has 0 unspecified atom stereocenters. The number of carbonyl (C=O) groups is 1. The summed E-state index contributed by atoms with van der Waals surface area (Å²) in [5.74, 6) is -0.146. The first-order chi connectivity index (χ1) is 7.34. The molecule has 0 aromatic carbocycles. The normalized spacial score (nSPS) is 22.8. The molecule has 1 aliphatic heterocycles. The number of hydrogen-bond acceptors (Lipinski definition) is 4. The van der Waals surface area contributed by atoms with E-state index in [2.05, 4.69) is 18.9 Å². The van der Waals surface area contributed by atoms with E-state index in [0.717, 1.165) is 26.1 Å². The van der Waals surface area contributed by atoms with Crippen LogP contribution in [-0.4, -0.2) is 48.7 Å². The van der Waals surface area contributed by atoms with Crippen molar-refractivity contribution in [3.05, 3.63) is 0 Å². The molecule has 0 bridgehead atoms. The molecule has 4 heteroatoms. The van der Waals surface area contributed by atoms with Crippen molar-refractivity contribution < 1.29 is 9.63 Å². The van der Waals surface area contributed by atoms with Gasteiger partial charge in [-0.05, 0) is 40.8 Å². The van der Waals surface area contributed by atoms with Crippen molar-refractivity contribution in [1.29, 1.82) is 0 Å². The zero-order chi connectivity index (χ0) is 12.3. The summed E-state index contributed by atoms with van der Waals surface area (Å²) in [6.07, 6.45) is 1.07. The summed E-state index contributed by atoms with van der Waals surface area (Å²) >= 11 is 0. The third kappa shape index (κ3) is 3.46. The summed E-state index contributed by atoms with van der Waals surface area (Å²) in [6.45, 7) is 10.5. The van der Waals surface area contributed by atoms with Crippen LogP contribution in [0.5, 0.6) is 0 Å². The second-order valence-corrected chi connectivity index (χ2v) is 5.53. The van der Waals surface area contributed by atoms with E-state index in [1.165, 1.54) is 0 Å². The highest BCUT2D eigenvalue weighted by Crippen LogP contribution is 2.20. The van der Waals surface area contributed by atoms with Gasteiger partial charge in [-0.25, -0.2) is 4.79 Å². The first-order valence-corrected chi connectivity index (χ1v) is 6.02. The van der Waals surface area contributed by atoms with Gasteiger partial charge in [-0.1, -0.05) is 6.92 Å². The lowest BCUT2D eigenvalue weighted by Gasteiger charge is -2.24. The minimum atomic E-state index is -0.422. The highest BCUT2D eigenvalue weighted by molar-refractivity contribution is 5.75. The minimum absolute atomic E-state index is 0.146. The maximum Gasteiger partial charge on any atom is 0.330 e. The third-order valence-electron chi connectivity index (χ3n) is 3.07. The Morgan fingerprint density at radius 2 is 2.12 bits per heavy atom. The van der Waals surface area contributed by atoms with Crippen molar-refractivity contribution in [2.75, 3.05) is 26.7 Å². The number of nitrogens with zero attached hydrogens (tertiary/aromatic N) is 2. The summed E-state index contributed by atoms with van der Waals surface area (Å²) in [6, 6.07) is 0.512. The molecule has 1 rings (SSSR count). The van der Waals surface area contributed by atoms with Crippen LogP contribution in [0.4, 0.5) is 0 Å². The minimum Gasteiger partial charge on any atom is -0.367 e. The fraction of sp³-hybridized carbons (Fsp3) is 0.917. The Labute approximate surface area is 98.5 Å². The first kappa shape index (κ1) is 13.5. The van der Waals surface area contributed by atoms with Gasteiger partial charge in [-0.2, -0.15) is 0 Å². The number of likely N-dealkylation sites (N-methyl/N-ethyl adjacent to an activating group) is 1. The Morgan fingerprint density at radius 1 is 1.50 bits per heavy atom. The monoisotopic (exact) mass is 228 g/mol. The van der Waals surface area contributed by atoms with Gasteiger partial charge in [0.05, 0.1) is 12.0 Å². The molecule has 0 spiro atoms. The molecule has 1 atom stereocenters. The molecule has 0 saturated carbocycles. The standard InChI is InChI=1S/C12H24N2O2/c1-6-13(5)10-7-8-14(9-10)16-11(15)12(2,3)4/h10H,6-9H2,1-5H3/t10-/m1/s1. The summed E-state index contributed by atoms with van der Waals surface area (Å²) in [4.78, 5) is 19.4. The van der Waals surface area contributed by atoms with E-state index >= 15 is 0 Å². The predicted molar refractivity (Wildman–Crippen MR) is 63.8 cm³/mol. The Bertz CT molecular complexity index is 248. The zero-order valence-electron chi connectivity index (χ0n) is 11.1. The Kier molecular flexibility index (Phi) is 4.33. The number of hydrogen-bond donors (Lipinski definition) is 0. The van der Waals surface area contributed by atoms with Gasteiger partial charge in [-0.3, -0.25) is 0 Å². The lowest BCUT2D eigenvalue weighted by atomic mass is 9.98. The van der Waals surface area contributed by atoms with Crippen molar-refractivity contribution in [3.63, 3.8) is 0 Å². The smallest absolute Gasteiger partial charge is 0.330 e. The van der Waals surface area contributed by atoms with Crippen LogP contribution in [0.1, 0.15) is 34.1 Å². The zero-order valence-corrected chi connectivity index (χ0v) is 11.1. The van der Waals surface area contributed by atoms with Crippen LogP contribution in [-0.2, 0) is 9.63 Å². The first-order valence-electron chi connectivity index (χ1n) is 6.02. The van der Waals surface area contributed by atoms with E-state index in [0.29, 0.717) is 6.04 Å². The van der Waals surface area contributed by atoms with Gasteiger partial charge in [0.1, 0.15) is 0 Å². The number of rotatable bonds is 3. The molecule has 94 valence electrons. The molecule has 1 heterocycles. The molecule has 0 aromatic heterocycles. The molecular formula is C12H24N2O2. The molecule has 16 heavy (non-hydrogen) atoms. The highest BCUT2D eigenvalue weighted by atomic mass is 16.7. The second-order valence-electron chi connectivity index (χ2n) is 5.53. The van der Waals surface area contributed by atoms with Crippen molar-refractivity contribution in [1.82, 2.24) is 9.96 Å². The molecule has 1 saturated heterocycles. The summed E-state index contributed by atoms with van der Waals surface area (Å²) in [7, 11) is 2.11. The van der Waals surface area contributed by atoms with E-state index in [1.807, 2.05) is 20.8 Å². The Hall–Kier alpha value is -0.610. The maximum absolute atomic E-state index is 11.7. The molecule has 1 fully saturated rings. The maximum atomic E-state index is 11.7. The van der Waals surface area contributed by atoms with Crippen LogP contribution >= 0.6 is 0 Å². The molecule has 0 aliphatic carbocycles. The quantitative estimate of drug-likeness (QED) is 0.733. The molecule has 0 aromatic rings. The molecule has 0 amide bonds.